The summed E-state index contributed by atoms with van der Waals surface area (Å²) in [5.74, 6) is 0.297. The van der Waals surface area contributed by atoms with Crippen molar-refractivity contribution in [2.75, 3.05) is 12.4 Å². The van der Waals surface area contributed by atoms with Crippen LogP contribution in [0.1, 0.15) is 25.0 Å². The van der Waals surface area contributed by atoms with Crippen molar-refractivity contribution in [2.45, 2.75) is 27.7 Å². The number of sulfonamides is 1. The third-order valence-corrected chi connectivity index (χ3v) is 4.08. The van der Waals surface area contributed by atoms with Crippen molar-refractivity contribution in [3.8, 4) is 5.75 Å². The standard InChI is InChI=1S/C13H20N2O5S/c1-9-6-12(10(2)5-11(9)15(16)17)20-7-13(3,4)8-21(14,18)19/h5-6H,7-8H2,1-4H3,(H2,14,18,19). The molecular formula is C13H20N2O5S. The molecular weight excluding hydrogens is 296 g/mol. The maximum absolute atomic E-state index is 11.1. The van der Waals surface area contributed by atoms with Crippen LogP contribution in [0.4, 0.5) is 5.69 Å². The Morgan fingerprint density at radius 1 is 1.29 bits per heavy atom. The van der Waals surface area contributed by atoms with Gasteiger partial charge >= 0.3 is 0 Å². The Balaban J connectivity index is 2.90. The Morgan fingerprint density at radius 3 is 2.33 bits per heavy atom. The summed E-state index contributed by atoms with van der Waals surface area (Å²) in [5, 5.41) is 15.9. The lowest BCUT2D eigenvalue weighted by Crippen LogP contribution is -2.33. The van der Waals surface area contributed by atoms with Gasteiger partial charge in [-0.25, -0.2) is 13.6 Å². The van der Waals surface area contributed by atoms with Crippen molar-refractivity contribution in [2.24, 2.45) is 10.6 Å². The van der Waals surface area contributed by atoms with E-state index in [1.54, 1.807) is 33.8 Å². The quantitative estimate of drug-likeness (QED) is 0.636. The third kappa shape index (κ3) is 5.31. The largest absolute Gasteiger partial charge is 0.493 e. The first-order chi connectivity index (χ1) is 9.41. The second-order valence-electron chi connectivity index (χ2n) is 5.92. The smallest absolute Gasteiger partial charge is 0.272 e. The van der Waals surface area contributed by atoms with Crippen LogP contribution in [0.15, 0.2) is 12.1 Å². The highest BCUT2D eigenvalue weighted by molar-refractivity contribution is 7.89. The molecule has 0 spiro atoms. The first-order valence-corrected chi connectivity index (χ1v) is 8.02. The lowest BCUT2D eigenvalue weighted by atomic mass is 9.98. The summed E-state index contributed by atoms with van der Waals surface area (Å²) in [6.45, 7) is 6.92. The summed E-state index contributed by atoms with van der Waals surface area (Å²) in [4.78, 5) is 10.4. The molecule has 1 aromatic carbocycles. The molecule has 0 amide bonds. The van der Waals surface area contributed by atoms with Crippen LogP contribution in [0.2, 0.25) is 0 Å². The zero-order valence-electron chi connectivity index (χ0n) is 12.5. The second kappa shape index (κ2) is 5.98. The highest BCUT2D eigenvalue weighted by Crippen LogP contribution is 2.29. The molecule has 0 saturated heterocycles. The van der Waals surface area contributed by atoms with Crippen LogP contribution >= 0.6 is 0 Å². The lowest BCUT2D eigenvalue weighted by Gasteiger charge is -2.24. The molecule has 8 heteroatoms. The number of ether oxygens (including phenoxy) is 1. The van der Waals surface area contributed by atoms with E-state index < -0.39 is 20.4 Å². The summed E-state index contributed by atoms with van der Waals surface area (Å²) in [6, 6.07) is 3.03. The molecule has 0 atom stereocenters. The zero-order valence-corrected chi connectivity index (χ0v) is 13.4. The average Bonchev–Trinajstić information content (AvgIpc) is 2.26. The Morgan fingerprint density at radius 2 is 1.86 bits per heavy atom. The van der Waals surface area contributed by atoms with Crippen molar-refractivity contribution in [3.63, 3.8) is 0 Å². The molecule has 0 aliphatic carbocycles. The van der Waals surface area contributed by atoms with E-state index in [4.69, 9.17) is 9.88 Å². The van der Waals surface area contributed by atoms with Crippen molar-refractivity contribution < 1.29 is 18.1 Å². The van der Waals surface area contributed by atoms with Gasteiger partial charge in [0.1, 0.15) is 5.75 Å². The Kier molecular flexibility index (Phi) is 4.95. The number of nitro benzene ring substituents is 1. The first kappa shape index (κ1) is 17.4. The van der Waals surface area contributed by atoms with Gasteiger partial charge in [0, 0.05) is 17.0 Å². The minimum Gasteiger partial charge on any atom is -0.493 e. The van der Waals surface area contributed by atoms with Crippen LogP contribution in [0.25, 0.3) is 0 Å². The predicted molar refractivity (Wildman–Crippen MR) is 79.8 cm³/mol. The third-order valence-electron chi connectivity index (χ3n) is 2.90. The fourth-order valence-electron chi connectivity index (χ4n) is 1.99. The van der Waals surface area contributed by atoms with E-state index in [9.17, 15) is 18.5 Å². The van der Waals surface area contributed by atoms with E-state index in [2.05, 4.69) is 0 Å². The summed E-state index contributed by atoms with van der Waals surface area (Å²) >= 11 is 0. The van der Waals surface area contributed by atoms with Crippen LogP contribution in [0, 0.1) is 29.4 Å². The van der Waals surface area contributed by atoms with Gasteiger partial charge in [0.2, 0.25) is 10.0 Å². The molecule has 7 nitrogen and oxygen atoms in total. The Labute approximate surface area is 124 Å². The van der Waals surface area contributed by atoms with E-state index >= 15 is 0 Å². The summed E-state index contributed by atoms with van der Waals surface area (Å²) in [7, 11) is -3.59. The number of hydrogen-bond acceptors (Lipinski definition) is 5. The van der Waals surface area contributed by atoms with Crippen LogP contribution in [-0.2, 0) is 10.0 Å². The van der Waals surface area contributed by atoms with Gasteiger partial charge < -0.3 is 4.74 Å². The zero-order chi connectivity index (χ0) is 16.4. The number of nitrogens with zero attached hydrogens (tertiary/aromatic N) is 1. The van der Waals surface area contributed by atoms with Crippen molar-refractivity contribution in [1.82, 2.24) is 0 Å². The molecule has 0 aliphatic rings. The van der Waals surface area contributed by atoms with Gasteiger partial charge in [-0.15, -0.1) is 0 Å². The number of primary sulfonamides is 1. The van der Waals surface area contributed by atoms with E-state index in [1.807, 2.05) is 0 Å². The van der Waals surface area contributed by atoms with E-state index in [0.29, 0.717) is 16.9 Å². The van der Waals surface area contributed by atoms with Gasteiger partial charge in [-0.3, -0.25) is 10.1 Å². The molecule has 0 unspecified atom stereocenters. The van der Waals surface area contributed by atoms with Gasteiger partial charge in [-0.2, -0.15) is 0 Å². The van der Waals surface area contributed by atoms with Crippen LogP contribution < -0.4 is 9.88 Å². The van der Waals surface area contributed by atoms with E-state index in [-0.39, 0.29) is 18.0 Å². The molecule has 0 aromatic heterocycles. The molecule has 118 valence electrons. The number of rotatable bonds is 6. The minimum atomic E-state index is -3.59. The second-order valence-corrected chi connectivity index (χ2v) is 7.54. The number of aryl methyl sites for hydroxylation is 2. The van der Waals surface area contributed by atoms with Crippen LogP contribution in [-0.4, -0.2) is 25.7 Å². The summed E-state index contributed by atoms with van der Waals surface area (Å²) < 4.78 is 27.9. The number of benzene rings is 1. The van der Waals surface area contributed by atoms with E-state index in [1.165, 1.54) is 6.07 Å². The van der Waals surface area contributed by atoms with Crippen molar-refractivity contribution >= 4 is 15.7 Å². The molecule has 0 bridgehead atoms. The molecule has 1 rings (SSSR count). The highest BCUT2D eigenvalue weighted by Gasteiger charge is 2.25. The summed E-state index contributed by atoms with van der Waals surface area (Å²) in [5.41, 5.74) is 0.489. The molecule has 0 heterocycles. The van der Waals surface area contributed by atoms with Gasteiger partial charge in [0.15, 0.2) is 0 Å². The lowest BCUT2D eigenvalue weighted by molar-refractivity contribution is -0.385. The molecule has 0 aliphatic heterocycles. The summed E-state index contributed by atoms with van der Waals surface area (Å²) in [6.07, 6.45) is 0. The predicted octanol–water partition coefficient (Wildman–Crippen LogP) is 1.91. The van der Waals surface area contributed by atoms with Gasteiger partial charge in [-0.05, 0) is 25.5 Å². The maximum Gasteiger partial charge on any atom is 0.272 e. The van der Waals surface area contributed by atoms with Gasteiger partial charge in [0.05, 0.1) is 17.3 Å². The van der Waals surface area contributed by atoms with Crippen LogP contribution in [0.3, 0.4) is 0 Å². The minimum absolute atomic E-state index is 0.0312. The van der Waals surface area contributed by atoms with Crippen LogP contribution in [0.5, 0.6) is 5.75 Å². The fourth-order valence-corrected chi connectivity index (χ4v) is 3.16. The van der Waals surface area contributed by atoms with Crippen molar-refractivity contribution in [3.05, 3.63) is 33.4 Å². The highest BCUT2D eigenvalue weighted by atomic mass is 32.2. The molecule has 1 aromatic rings. The maximum atomic E-state index is 11.1. The monoisotopic (exact) mass is 316 g/mol. The Bertz CT molecular complexity index is 653. The average molecular weight is 316 g/mol. The van der Waals surface area contributed by atoms with E-state index in [0.717, 1.165) is 0 Å². The number of nitro groups is 1. The molecule has 0 saturated carbocycles. The molecule has 21 heavy (non-hydrogen) atoms. The molecule has 2 N–H and O–H groups in total. The first-order valence-electron chi connectivity index (χ1n) is 6.30. The number of nitrogens with two attached hydrogens (primary N) is 1. The van der Waals surface area contributed by atoms with Crippen molar-refractivity contribution in [1.29, 1.82) is 0 Å². The molecule has 0 fully saturated rings. The normalized spacial score (nSPS) is 12.2. The Hall–Kier alpha value is -1.67. The SMILES string of the molecule is Cc1cc([N+](=O)[O-])c(C)cc1OCC(C)(C)CS(N)(=O)=O. The molecule has 0 radical (unpaired) electrons. The van der Waals surface area contributed by atoms with Gasteiger partial charge in [-0.1, -0.05) is 13.8 Å². The number of hydrogen-bond donors (Lipinski definition) is 1. The topological polar surface area (TPSA) is 113 Å². The van der Waals surface area contributed by atoms with Gasteiger partial charge in [0.25, 0.3) is 5.69 Å². The fraction of sp³-hybridized carbons (Fsp3) is 0.538.